The minimum atomic E-state index is -0.132. The predicted octanol–water partition coefficient (Wildman–Crippen LogP) is 4.84. The summed E-state index contributed by atoms with van der Waals surface area (Å²) in [5.41, 5.74) is 1.08. The summed E-state index contributed by atoms with van der Waals surface area (Å²) >= 11 is 0. The van der Waals surface area contributed by atoms with Crippen molar-refractivity contribution in [3.05, 3.63) is 35.6 Å². The van der Waals surface area contributed by atoms with Gasteiger partial charge in [0.25, 0.3) is 0 Å². The van der Waals surface area contributed by atoms with Gasteiger partial charge in [-0.15, -0.1) is 0 Å². The Bertz CT molecular complexity index is 391. The molecule has 0 aromatic heterocycles. The lowest BCUT2D eigenvalue weighted by Crippen LogP contribution is -2.36. The first kappa shape index (κ1) is 14.5. The molecule has 0 amide bonds. The largest absolute Gasteiger partial charge is 0.307 e. The van der Waals surface area contributed by atoms with Crippen LogP contribution in [0.15, 0.2) is 24.3 Å². The lowest BCUT2D eigenvalue weighted by molar-refractivity contribution is 0.260. The van der Waals surface area contributed by atoms with Crippen molar-refractivity contribution in [3.63, 3.8) is 0 Å². The lowest BCUT2D eigenvalue weighted by atomic mass is 9.83. The monoisotopic (exact) mass is 263 g/mol. The molecule has 0 heterocycles. The Kier molecular flexibility index (Phi) is 5.38. The molecular weight excluding hydrogens is 237 g/mol. The number of nitrogens with one attached hydrogen (secondary N) is 1. The third-order valence-corrected chi connectivity index (χ3v) is 4.46. The molecule has 2 rings (SSSR count). The van der Waals surface area contributed by atoms with E-state index in [4.69, 9.17) is 0 Å². The second-order valence-electron chi connectivity index (χ2n) is 5.82. The molecule has 0 bridgehead atoms. The van der Waals surface area contributed by atoms with Gasteiger partial charge in [-0.1, -0.05) is 45.2 Å². The average Bonchev–Trinajstić information content (AvgIpc) is 2.45. The van der Waals surface area contributed by atoms with Crippen molar-refractivity contribution in [1.29, 1.82) is 0 Å². The van der Waals surface area contributed by atoms with Crippen molar-refractivity contribution in [3.8, 4) is 0 Å². The lowest BCUT2D eigenvalue weighted by Gasteiger charge is -2.32. The summed E-state index contributed by atoms with van der Waals surface area (Å²) in [5.74, 6) is 0.740. The molecule has 1 nitrogen and oxygen atoms in total. The second kappa shape index (κ2) is 7.04. The third kappa shape index (κ3) is 4.04. The zero-order chi connectivity index (χ0) is 13.7. The highest BCUT2D eigenvalue weighted by molar-refractivity contribution is 5.20. The fourth-order valence-corrected chi connectivity index (χ4v) is 3.27. The molecule has 106 valence electrons. The van der Waals surface area contributed by atoms with Crippen molar-refractivity contribution in [1.82, 2.24) is 5.32 Å². The maximum atomic E-state index is 13.3. The third-order valence-electron chi connectivity index (χ3n) is 4.46. The summed E-state index contributed by atoms with van der Waals surface area (Å²) in [5, 5.41) is 3.75. The smallest absolute Gasteiger partial charge is 0.123 e. The molecule has 19 heavy (non-hydrogen) atoms. The first-order valence-corrected chi connectivity index (χ1v) is 7.74. The Morgan fingerprint density at radius 2 is 2.16 bits per heavy atom. The van der Waals surface area contributed by atoms with Crippen LogP contribution in [0.2, 0.25) is 0 Å². The van der Waals surface area contributed by atoms with E-state index in [1.807, 2.05) is 12.1 Å². The van der Waals surface area contributed by atoms with Crippen molar-refractivity contribution < 1.29 is 4.39 Å². The summed E-state index contributed by atoms with van der Waals surface area (Å²) in [6, 6.07) is 7.92. The van der Waals surface area contributed by atoms with Gasteiger partial charge in [0.05, 0.1) is 0 Å². The minimum absolute atomic E-state index is 0.132. The van der Waals surface area contributed by atoms with Crippen molar-refractivity contribution in [2.45, 2.75) is 64.5 Å². The molecule has 1 fully saturated rings. The molecule has 1 N–H and O–H groups in total. The molecular formula is C17H26FN. The number of benzene rings is 1. The summed E-state index contributed by atoms with van der Waals surface area (Å²) in [7, 11) is 0. The van der Waals surface area contributed by atoms with E-state index >= 15 is 0 Å². The molecule has 0 aliphatic heterocycles. The molecule has 1 aromatic rings. The SMILES string of the molecule is CCC1CCCC(NC(CC)c2cccc(F)c2)C1. The number of halogens is 1. The highest BCUT2D eigenvalue weighted by Gasteiger charge is 2.23. The summed E-state index contributed by atoms with van der Waals surface area (Å²) in [6.45, 7) is 4.46. The quantitative estimate of drug-likeness (QED) is 0.802. The van der Waals surface area contributed by atoms with E-state index in [1.54, 1.807) is 6.07 Å². The minimum Gasteiger partial charge on any atom is -0.307 e. The molecule has 0 saturated heterocycles. The molecule has 3 unspecified atom stereocenters. The first-order chi connectivity index (χ1) is 9.22. The van der Waals surface area contributed by atoms with E-state index in [-0.39, 0.29) is 11.9 Å². The van der Waals surface area contributed by atoms with Crippen LogP contribution in [0.5, 0.6) is 0 Å². The Morgan fingerprint density at radius 3 is 2.84 bits per heavy atom. The van der Waals surface area contributed by atoms with Crippen molar-refractivity contribution in [2.24, 2.45) is 5.92 Å². The number of hydrogen-bond acceptors (Lipinski definition) is 1. The van der Waals surface area contributed by atoms with E-state index < -0.39 is 0 Å². The zero-order valence-corrected chi connectivity index (χ0v) is 12.2. The van der Waals surface area contributed by atoms with E-state index in [1.165, 1.54) is 38.2 Å². The number of hydrogen-bond donors (Lipinski definition) is 1. The van der Waals surface area contributed by atoms with Gasteiger partial charge in [0.2, 0.25) is 0 Å². The van der Waals surface area contributed by atoms with Gasteiger partial charge in [-0.2, -0.15) is 0 Å². The molecule has 3 atom stereocenters. The second-order valence-corrected chi connectivity index (χ2v) is 5.82. The predicted molar refractivity (Wildman–Crippen MR) is 78.6 cm³/mol. The van der Waals surface area contributed by atoms with Gasteiger partial charge in [-0.3, -0.25) is 0 Å². The summed E-state index contributed by atoms with van der Waals surface area (Å²) in [4.78, 5) is 0. The van der Waals surface area contributed by atoms with Crippen LogP contribution in [0.3, 0.4) is 0 Å². The van der Waals surface area contributed by atoms with Crippen LogP contribution in [-0.2, 0) is 0 Å². The van der Waals surface area contributed by atoms with Gasteiger partial charge in [0.1, 0.15) is 5.82 Å². The molecule has 2 heteroatoms. The highest BCUT2D eigenvalue weighted by Crippen LogP contribution is 2.29. The zero-order valence-electron chi connectivity index (χ0n) is 12.2. The molecule has 1 aliphatic rings. The standard InChI is InChI=1S/C17H26FN/c1-3-13-7-5-10-16(11-13)19-17(4-2)14-8-6-9-15(18)12-14/h6,8-9,12-13,16-17,19H,3-5,7,10-11H2,1-2H3. The van der Waals surface area contributed by atoms with Gasteiger partial charge in [0.15, 0.2) is 0 Å². The summed E-state index contributed by atoms with van der Waals surface area (Å²) in [6.07, 6.45) is 7.55. The Balaban J connectivity index is 1.99. The maximum absolute atomic E-state index is 13.3. The van der Waals surface area contributed by atoms with Crippen LogP contribution < -0.4 is 5.32 Å². The molecule has 1 aliphatic carbocycles. The average molecular weight is 263 g/mol. The van der Waals surface area contributed by atoms with E-state index in [0.29, 0.717) is 6.04 Å². The molecule has 0 spiro atoms. The van der Waals surface area contributed by atoms with Crippen LogP contribution >= 0.6 is 0 Å². The highest BCUT2D eigenvalue weighted by atomic mass is 19.1. The molecule has 1 saturated carbocycles. The van der Waals surface area contributed by atoms with Crippen LogP contribution in [0.1, 0.15) is 64.0 Å². The Labute approximate surface area is 116 Å². The maximum Gasteiger partial charge on any atom is 0.123 e. The van der Waals surface area contributed by atoms with Gasteiger partial charge in [-0.25, -0.2) is 4.39 Å². The summed E-state index contributed by atoms with van der Waals surface area (Å²) < 4.78 is 13.3. The van der Waals surface area contributed by atoms with Gasteiger partial charge < -0.3 is 5.32 Å². The normalized spacial score (nSPS) is 25.2. The van der Waals surface area contributed by atoms with Gasteiger partial charge in [-0.05, 0) is 42.9 Å². The fourth-order valence-electron chi connectivity index (χ4n) is 3.27. The van der Waals surface area contributed by atoms with E-state index in [2.05, 4.69) is 19.2 Å². The van der Waals surface area contributed by atoms with Crippen LogP contribution in [0.25, 0.3) is 0 Å². The van der Waals surface area contributed by atoms with Crippen LogP contribution in [-0.4, -0.2) is 6.04 Å². The van der Waals surface area contributed by atoms with Crippen molar-refractivity contribution in [2.75, 3.05) is 0 Å². The van der Waals surface area contributed by atoms with E-state index in [0.717, 1.165) is 17.9 Å². The molecule has 1 aromatic carbocycles. The van der Waals surface area contributed by atoms with Gasteiger partial charge >= 0.3 is 0 Å². The Hall–Kier alpha value is -0.890. The van der Waals surface area contributed by atoms with E-state index in [9.17, 15) is 4.39 Å². The topological polar surface area (TPSA) is 12.0 Å². The Morgan fingerprint density at radius 1 is 1.32 bits per heavy atom. The number of rotatable bonds is 5. The molecule has 0 radical (unpaired) electrons. The van der Waals surface area contributed by atoms with Crippen molar-refractivity contribution >= 4 is 0 Å². The van der Waals surface area contributed by atoms with Crippen LogP contribution in [0, 0.1) is 11.7 Å². The van der Waals surface area contributed by atoms with Gasteiger partial charge in [0, 0.05) is 12.1 Å². The van der Waals surface area contributed by atoms with Crippen LogP contribution in [0.4, 0.5) is 4.39 Å². The first-order valence-electron chi connectivity index (χ1n) is 7.74. The fraction of sp³-hybridized carbons (Fsp3) is 0.647.